The number of carbonyl (C=O) groups is 1. The number of aromatic nitrogens is 3. The number of Topliss-reactive ketones (excluding diaryl/α,β-unsaturated/α-hetero) is 1. The van der Waals surface area contributed by atoms with Crippen LogP contribution in [0.4, 0.5) is 11.9 Å². The molecule has 1 unspecified atom stereocenters. The Morgan fingerprint density at radius 3 is 2.41 bits per heavy atom. The largest absolute Gasteiger partial charge is 0.500 e. The zero-order chi connectivity index (χ0) is 20.1. The van der Waals surface area contributed by atoms with Gasteiger partial charge in [0.2, 0.25) is 11.9 Å². The van der Waals surface area contributed by atoms with Gasteiger partial charge in [0, 0.05) is 53.3 Å². The Bertz CT molecular complexity index is 538. The van der Waals surface area contributed by atoms with Crippen molar-refractivity contribution < 1.29 is 23.2 Å². The highest BCUT2D eigenvalue weighted by Gasteiger charge is 2.37. The fraction of sp³-hybridized carbons (Fsp3) is 0.800. The van der Waals surface area contributed by atoms with Gasteiger partial charge in [0.25, 0.3) is 0 Å². The van der Waals surface area contributed by atoms with E-state index in [9.17, 15) is 9.90 Å². The summed E-state index contributed by atoms with van der Waals surface area (Å²) in [5, 5.41) is 23.9. The Kier molecular flexibility index (Phi) is 11.5. The molecule has 0 radical (unpaired) electrons. The second-order valence-electron chi connectivity index (χ2n) is 5.95. The molecule has 1 rings (SSSR count). The molecule has 4 N–H and O–H groups in total. The molecule has 156 valence electrons. The summed E-state index contributed by atoms with van der Waals surface area (Å²) < 4.78 is 16.0. The number of aliphatic hydroxyl groups is 1. The first kappa shape index (κ1) is 23.9. The molecule has 0 saturated carbocycles. The molecule has 0 aliphatic carbocycles. The second-order valence-corrected chi connectivity index (χ2v) is 9.49. The van der Waals surface area contributed by atoms with Gasteiger partial charge >= 0.3 is 8.80 Å². The van der Waals surface area contributed by atoms with Gasteiger partial charge in [-0.1, -0.05) is 0 Å². The van der Waals surface area contributed by atoms with E-state index < -0.39 is 14.9 Å². The first-order valence-corrected chi connectivity index (χ1v) is 11.4. The summed E-state index contributed by atoms with van der Waals surface area (Å²) in [5.74, 6) is 1.75. The van der Waals surface area contributed by atoms with Crippen LogP contribution in [0, 0.1) is 0 Å². The van der Waals surface area contributed by atoms with Gasteiger partial charge in [-0.2, -0.15) is 12.6 Å². The molecule has 0 aliphatic heterocycles. The molecule has 0 aliphatic rings. The van der Waals surface area contributed by atoms with Crippen molar-refractivity contribution in [3.8, 4) is 0 Å². The van der Waals surface area contributed by atoms with Crippen LogP contribution in [-0.2, 0) is 18.1 Å². The van der Waals surface area contributed by atoms with E-state index in [0.29, 0.717) is 30.8 Å². The molecule has 10 nitrogen and oxygen atoms in total. The van der Waals surface area contributed by atoms with Crippen molar-refractivity contribution in [3.63, 3.8) is 0 Å². The minimum absolute atomic E-state index is 0.0258. The molecule has 1 atom stereocenters. The predicted molar refractivity (Wildman–Crippen MR) is 108 cm³/mol. The lowest BCUT2D eigenvalue weighted by Gasteiger charge is -2.24. The van der Waals surface area contributed by atoms with E-state index in [1.54, 1.807) is 21.3 Å². The van der Waals surface area contributed by atoms with Gasteiger partial charge < -0.3 is 29.0 Å². The maximum atomic E-state index is 12.0. The third kappa shape index (κ3) is 9.03. The van der Waals surface area contributed by atoms with E-state index in [4.69, 9.17) is 13.3 Å². The standard InChI is InChI=1S/C15H31N5O5SSi/c1-23-27(24-2,25-3)9-4-6-12(21)10-13(22)11-17-15-18-14(19-20-15)16-7-5-8-26/h13,22,26H,4-11H2,1-3H3,(H3,16,17,18,19,20). The third-order valence-electron chi connectivity index (χ3n) is 3.95. The van der Waals surface area contributed by atoms with Crippen molar-refractivity contribution in [1.29, 1.82) is 0 Å². The van der Waals surface area contributed by atoms with Crippen LogP contribution < -0.4 is 10.6 Å². The molecule has 0 bridgehead atoms. The average Bonchev–Trinajstić information content (AvgIpc) is 3.12. The number of nitrogens with zero attached hydrogens (tertiary/aromatic N) is 2. The van der Waals surface area contributed by atoms with Crippen molar-refractivity contribution in [2.75, 3.05) is 50.8 Å². The molecule has 0 saturated heterocycles. The number of ketones is 1. The molecule has 0 amide bonds. The number of aliphatic hydroxyl groups excluding tert-OH is 1. The predicted octanol–water partition coefficient (Wildman–Crippen LogP) is 0.927. The van der Waals surface area contributed by atoms with Gasteiger partial charge in [-0.05, 0) is 18.6 Å². The number of hydrogen-bond donors (Lipinski definition) is 5. The second kappa shape index (κ2) is 13.1. The van der Waals surface area contributed by atoms with Gasteiger partial charge in [0.1, 0.15) is 5.78 Å². The Morgan fingerprint density at radius 1 is 1.19 bits per heavy atom. The van der Waals surface area contributed by atoms with Crippen molar-refractivity contribution in [2.24, 2.45) is 0 Å². The summed E-state index contributed by atoms with van der Waals surface area (Å²) in [6, 6.07) is 0.553. The van der Waals surface area contributed by atoms with Gasteiger partial charge in [0.05, 0.1) is 6.10 Å². The lowest BCUT2D eigenvalue weighted by Crippen LogP contribution is -2.42. The molecule has 0 spiro atoms. The van der Waals surface area contributed by atoms with Crippen LogP contribution in [0.5, 0.6) is 0 Å². The van der Waals surface area contributed by atoms with Gasteiger partial charge in [-0.25, -0.2) is 0 Å². The van der Waals surface area contributed by atoms with Crippen LogP contribution in [-0.4, -0.2) is 81.2 Å². The molecular weight excluding hydrogens is 390 g/mol. The highest BCUT2D eigenvalue weighted by Crippen LogP contribution is 2.17. The van der Waals surface area contributed by atoms with Gasteiger partial charge in [0.15, 0.2) is 0 Å². The van der Waals surface area contributed by atoms with E-state index in [2.05, 4.69) is 38.4 Å². The van der Waals surface area contributed by atoms with Crippen LogP contribution in [0.2, 0.25) is 6.04 Å². The molecular formula is C15H31N5O5SSi. The number of anilines is 2. The molecule has 0 fully saturated rings. The van der Waals surface area contributed by atoms with E-state index >= 15 is 0 Å². The summed E-state index contributed by atoms with van der Waals surface area (Å²) in [7, 11) is 1.98. The van der Waals surface area contributed by atoms with Crippen LogP contribution in [0.15, 0.2) is 0 Å². The molecule has 1 aromatic rings. The molecule has 12 heteroatoms. The third-order valence-corrected chi connectivity index (χ3v) is 7.10. The maximum Gasteiger partial charge on any atom is 0.500 e. The summed E-state index contributed by atoms with van der Waals surface area (Å²) in [4.78, 5) is 15.0. The van der Waals surface area contributed by atoms with E-state index in [1.807, 2.05) is 0 Å². The quantitative estimate of drug-likeness (QED) is 0.150. The highest BCUT2D eigenvalue weighted by atomic mass is 32.1. The Labute approximate surface area is 166 Å². The summed E-state index contributed by atoms with van der Waals surface area (Å²) in [5.41, 5.74) is 0. The smallest absolute Gasteiger partial charge is 0.391 e. The normalized spacial score (nSPS) is 12.8. The van der Waals surface area contributed by atoms with E-state index in [-0.39, 0.29) is 18.7 Å². The molecule has 1 heterocycles. The van der Waals surface area contributed by atoms with Crippen LogP contribution >= 0.6 is 12.6 Å². The first-order chi connectivity index (χ1) is 13.0. The van der Waals surface area contributed by atoms with Gasteiger partial charge in [-0.3, -0.25) is 9.78 Å². The summed E-state index contributed by atoms with van der Waals surface area (Å²) in [6.07, 6.45) is 1.09. The van der Waals surface area contributed by atoms with E-state index in [0.717, 1.165) is 18.7 Å². The molecule has 0 aromatic carbocycles. The number of carbonyl (C=O) groups excluding carboxylic acids is 1. The molecule has 27 heavy (non-hydrogen) atoms. The van der Waals surface area contributed by atoms with Crippen molar-refractivity contribution >= 4 is 39.1 Å². The zero-order valence-electron chi connectivity index (χ0n) is 16.2. The Morgan fingerprint density at radius 2 is 1.81 bits per heavy atom. The lowest BCUT2D eigenvalue weighted by atomic mass is 10.1. The zero-order valence-corrected chi connectivity index (χ0v) is 18.1. The minimum Gasteiger partial charge on any atom is -0.391 e. The van der Waals surface area contributed by atoms with Crippen molar-refractivity contribution in [2.45, 2.75) is 37.8 Å². The molecule has 1 aromatic heterocycles. The van der Waals surface area contributed by atoms with E-state index in [1.165, 1.54) is 0 Å². The highest BCUT2D eigenvalue weighted by molar-refractivity contribution is 7.80. The maximum absolute atomic E-state index is 12.0. The Hall–Kier alpha value is -1.18. The Balaban J connectivity index is 2.25. The number of nitrogens with one attached hydrogen (secondary N) is 3. The van der Waals surface area contributed by atoms with Crippen molar-refractivity contribution in [1.82, 2.24) is 15.2 Å². The average molecular weight is 422 g/mol. The lowest BCUT2D eigenvalue weighted by molar-refractivity contribution is -0.120. The summed E-state index contributed by atoms with van der Waals surface area (Å²) >= 11 is 4.13. The first-order valence-electron chi connectivity index (χ1n) is 8.85. The minimum atomic E-state index is -2.65. The topological polar surface area (TPSA) is 131 Å². The van der Waals surface area contributed by atoms with Crippen LogP contribution in [0.25, 0.3) is 0 Å². The van der Waals surface area contributed by atoms with Crippen molar-refractivity contribution in [3.05, 3.63) is 0 Å². The summed E-state index contributed by atoms with van der Waals surface area (Å²) in [6.45, 7) is 0.943. The fourth-order valence-corrected chi connectivity index (χ4v) is 4.30. The number of aromatic amines is 1. The monoisotopic (exact) mass is 421 g/mol. The van der Waals surface area contributed by atoms with Gasteiger partial charge in [-0.15, -0.1) is 10.2 Å². The number of hydrogen-bond acceptors (Lipinski definition) is 10. The van der Waals surface area contributed by atoms with Crippen LogP contribution in [0.3, 0.4) is 0 Å². The fourth-order valence-electron chi connectivity index (χ4n) is 2.42. The number of H-pyrrole nitrogens is 1. The number of rotatable bonds is 16. The SMILES string of the molecule is CO[Si](CCCC(=O)CC(O)CNc1nnc(NCCCS)[nH]1)(OC)OC. The number of thiol groups is 1. The van der Waals surface area contributed by atoms with Crippen LogP contribution in [0.1, 0.15) is 25.7 Å².